The molecule has 0 saturated heterocycles. The first kappa shape index (κ1) is 18.8. The van der Waals surface area contributed by atoms with E-state index >= 15 is 0 Å². The van der Waals surface area contributed by atoms with Gasteiger partial charge in [-0.3, -0.25) is 0 Å². The van der Waals surface area contributed by atoms with Crippen molar-refractivity contribution in [3.05, 3.63) is 64.0 Å². The number of rotatable bonds is 5. The maximum absolute atomic E-state index is 5.98. The first-order valence-electron chi connectivity index (χ1n) is 9.96. The second kappa shape index (κ2) is 7.25. The second-order valence-electron chi connectivity index (χ2n) is 7.44. The van der Waals surface area contributed by atoms with Crippen molar-refractivity contribution in [2.45, 2.75) is 40.7 Å². The van der Waals surface area contributed by atoms with Crippen molar-refractivity contribution in [1.29, 1.82) is 0 Å². The first-order valence-corrected chi connectivity index (χ1v) is 10.8. The van der Waals surface area contributed by atoms with E-state index in [9.17, 15) is 0 Å². The van der Waals surface area contributed by atoms with Crippen molar-refractivity contribution in [1.82, 2.24) is 19.6 Å². The Bertz CT molecular complexity index is 1380. The lowest BCUT2D eigenvalue weighted by Gasteiger charge is -2.08. The molecule has 4 heterocycles. The number of hydrogen-bond acceptors (Lipinski definition) is 6. The Morgan fingerprint density at radius 3 is 2.83 bits per heavy atom. The lowest BCUT2D eigenvalue weighted by Crippen LogP contribution is -1.96. The molecule has 0 fully saturated rings. The summed E-state index contributed by atoms with van der Waals surface area (Å²) in [6, 6.07) is 9.97. The van der Waals surface area contributed by atoms with Crippen LogP contribution in [0, 0.1) is 20.8 Å². The highest BCUT2D eigenvalue weighted by atomic mass is 32.1. The van der Waals surface area contributed by atoms with Crippen LogP contribution < -0.4 is 4.74 Å². The molecule has 1 aromatic carbocycles. The normalized spacial score (nSPS) is 11.6. The van der Waals surface area contributed by atoms with E-state index in [0.717, 1.165) is 39.4 Å². The molecule has 0 saturated carbocycles. The summed E-state index contributed by atoms with van der Waals surface area (Å²) in [6.07, 6.45) is 2.66. The predicted octanol–water partition coefficient (Wildman–Crippen LogP) is 5.67. The van der Waals surface area contributed by atoms with Crippen LogP contribution in [0.4, 0.5) is 0 Å². The molecule has 0 aliphatic heterocycles. The van der Waals surface area contributed by atoms with E-state index in [1.807, 2.05) is 25.1 Å². The van der Waals surface area contributed by atoms with Gasteiger partial charge in [0.05, 0.1) is 5.39 Å². The Hall–Kier alpha value is -3.19. The first-order chi connectivity index (χ1) is 14.5. The van der Waals surface area contributed by atoms with Crippen molar-refractivity contribution in [2.24, 2.45) is 0 Å². The summed E-state index contributed by atoms with van der Waals surface area (Å²) in [4.78, 5) is 11.6. The van der Waals surface area contributed by atoms with Crippen LogP contribution in [0.1, 0.15) is 34.3 Å². The zero-order valence-corrected chi connectivity index (χ0v) is 18.2. The van der Waals surface area contributed by atoms with Gasteiger partial charge in [-0.2, -0.15) is 0 Å². The standard InChI is InChI=1S/C23H22N4O2S/c1-5-17-15(4)30-23-20(17)22-25-21(26-27(22)12-24-23)18-9-8-16(29-18)11-28-19-10-13(2)6-7-14(19)3/h6-10,12H,5,11H2,1-4H3. The van der Waals surface area contributed by atoms with Crippen LogP contribution in [-0.4, -0.2) is 19.6 Å². The van der Waals surface area contributed by atoms with Gasteiger partial charge in [0.25, 0.3) is 0 Å². The molecule has 0 unspecified atom stereocenters. The quantitative estimate of drug-likeness (QED) is 0.368. The van der Waals surface area contributed by atoms with E-state index in [1.165, 1.54) is 16.0 Å². The van der Waals surface area contributed by atoms with Gasteiger partial charge in [-0.25, -0.2) is 14.5 Å². The van der Waals surface area contributed by atoms with Gasteiger partial charge in [0.1, 0.15) is 29.3 Å². The monoisotopic (exact) mass is 418 g/mol. The van der Waals surface area contributed by atoms with E-state index < -0.39 is 0 Å². The van der Waals surface area contributed by atoms with Crippen LogP contribution >= 0.6 is 11.3 Å². The van der Waals surface area contributed by atoms with Crippen molar-refractivity contribution in [3.63, 3.8) is 0 Å². The molecular weight excluding hydrogens is 396 g/mol. The summed E-state index contributed by atoms with van der Waals surface area (Å²) in [5.41, 5.74) is 4.37. The van der Waals surface area contributed by atoms with Crippen molar-refractivity contribution >= 4 is 27.2 Å². The third-order valence-corrected chi connectivity index (χ3v) is 6.33. The number of thiophene rings is 1. The zero-order valence-electron chi connectivity index (χ0n) is 17.4. The Kier molecular flexibility index (Phi) is 4.55. The molecule has 0 amide bonds. The van der Waals surface area contributed by atoms with Gasteiger partial charge in [0.2, 0.25) is 5.82 Å². The SMILES string of the molecule is CCc1c(C)sc2ncn3nc(-c4ccc(COc5cc(C)ccc5C)o4)nc3c12. The third kappa shape index (κ3) is 3.15. The fraction of sp³-hybridized carbons (Fsp3) is 0.261. The molecule has 4 aromatic heterocycles. The Morgan fingerprint density at radius 2 is 2.00 bits per heavy atom. The minimum atomic E-state index is 0.354. The van der Waals surface area contributed by atoms with Crippen LogP contribution in [0.2, 0.25) is 0 Å². The van der Waals surface area contributed by atoms with E-state index in [1.54, 1.807) is 22.2 Å². The summed E-state index contributed by atoms with van der Waals surface area (Å²) >= 11 is 1.70. The van der Waals surface area contributed by atoms with Crippen LogP contribution in [0.15, 0.2) is 41.1 Å². The second-order valence-corrected chi connectivity index (χ2v) is 8.65. The molecule has 0 N–H and O–H groups in total. The molecule has 0 aliphatic rings. The molecule has 6 nitrogen and oxygen atoms in total. The third-order valence-electron chi connectivity index (χ3n) is 5.28. The van der Waals surface area contributed by atoms with Gasteiger partial charge >= 0.3 is 0 Å². The smallest absolute Gasteiger partial charge is 0.217 e. The largest absolute Gasteiger partial charge is 0.485 e. The van der Waals surface area contributed by atoms with Crippen LogP contribution in [0.25, 0.3) is 27.4 Å². The predicted molar refractivity (Wildman–Crippen MR) is 118 cm³/mol. The van der Waals surface area contributed by atoms with E-state index in [-0.39, 0.29) is 0 Å². The number of nitrogens with zero attached hydrogens (tertiary/aromatic N) is 4. The highest BCUT2D eigenvalue weighted by Gasteiger charge is 2.18. The number of furan rings is 1. The van der Waals surface area contributed by atoms with Crippen molar-refractivity contribution in [3.8, 4) is 17.3 Å². The van der Waals surface area contributed by atoms with E-state index in [0.29, 0.717) is 18.2 Å². The van der Waals surface area contributed by atoms with Gasteiger partial charge < -0.3 is 9.15 Å². The molecule has 0 atom stereocenters. The van der Waals surface area contributed by atoms with Gasteiger partial charge in [0.15, 0.2) is 11.4 Å². The highest BCUT2D eigenvalue weighted by molar-refractivity contribution is 7.18. The van der Waals surface area contributed by atoms with Crippen LogP contribution in [0.5, 0.6) is 5.75 Å². The summed E-state index contributed by atoms with van der Waals surface area (Å²) in [7, 11) is 0. The van der Waals surface area contributed by atoms with Crippen molar-refractivity contribution < 1.29 is 9.15 Å². The minimum Gasteiger partial charge on any atom is -0.485 e. The Morgan fingerprint density at radius 1 is 1.13 bits per heavy atom. The van der Waals surface area contributed by atoms with Gasteiger partial charge in [-0.05, 0) is 62.1 Å². The number of benzene rings is 1. The molecule has 7 heteroatoms. The number of hydrogen-bond donors (Lipinski definition) is 0. The topological polar surface area (TPSA) is 65.5 Å². The maximum atomic E-state index is 5.98. The molecule has 30 heavy (non-hydrogen) atoms. The van der Waals surface area contributed by atoms with E-state index in [4.69, 9.17) is 14.1 Å². The molecule has 5 rings (SSSR count). The maximum Gasteiger partial charge on any atom is 0.217 e. The molecule has 152 valence electrons. The fourth-order valence-corrected chi connectivity index (χ4v) is 4.76. The summed E-state index contributed by atoms with van der Waals surface area (Å²) in [5, 5.41) is 5.68. The minimum absolute atomic E-state index is 0.354. The number of ether oxygens (including phenoxy) is 1. The number of aryl methyl sites for hydroxylation is 4. The van der Waals surface area contributed by atoms with Crippen LogP contribution in [-0.2, 0) is 13.0 Å². The van der Waals surface area contributed by atoms with Crippen molar-refractivity contribution in [2.75, 3.05) is 0 Å². The van der Waals surface area contributed by atoms with Gasteiger partial charge in [-0.1, -0.05) is 19.1 Å². The lowest BCUT2D eigenvalue weighted by molar-refractivity contribution is 0.270. The molecule has 5 aromatic rings. The number of fused-ring (bicyclic) bond motifs is 3. The lowest BCUT2D eigenvalue weighted by atomic mass is 10.1. The average molecular weight is 419 g/mol. The average Bonchev–Trinajstić information content (AvgIpc) is 3.43. The summed E-state index contributed by atoms with van der Waals surface area (Å²) in [5.74, 6) is 2.77. The Labute approximate surface area is 178 Å². The fourth-order valence-electron chi connectivity index (χ4n) is 3.68. The number of aromatic nitrogens is 4. The molecular formula is C23H22N4O2S. The van der Waals surface area contributed by atoms with E-state index in [2.05, 4.69) is 43.0 Å². The molecule has 0 radical (unpaired) electrons. The molecule has 0 spiro atoms. The zero-order chi connectivity index (χ0) is 20.8. The van der Waals surface area contributed by atoms with Gasteiger partial charge in [-0.15, -0.1) is 16.4 Å². The molecule has 0 bridgehead atoms. The van der Waals surface area contributed by atoms with Gasteiger partial charge in [0, 0.05) is 4.88 Å². The molecule has 0 aliphatic carbocycles. The summed E-state index contributed by atoms with van der Waals surface area (Å²) in [6.45, 7) is 8.73. The summed E-state index contributed by atoms with van der Waals surface area (Å²) < 4.78 is 13.7. The highest BCUT2D eigenvalue weighted by Crippen LogP contribution is 2.33. The Balaban J connectivity index is 1.46. The van der Waals surface area contributed by atoms with Crippen LogP contribution in [0.3, 0.4) is 0 Å².